The third-order valence-electron chi connectivity index (χ3n) is 2.03. The Bertz CT molecular complexity index is 505. The van der Waals surface area contributed by atoms with Crippen LogP contribution in [0.25, 0.3) is 0 Å². The molecule has 0 atom stereocenters. The van der Waals surface area contributed by atoms with Gasteiger partial charge in [0.25, 0.3) is 0 Å². The van der Waals surface area contributed by atoms with E-state index in [4.69, 9.17) is 26.3 Å². The lowest BCUT2D eigenvalue weighted by atomic mass is 10.2. The normalized spacial score (nSPS) is 9.39. The van der Waals surface area contributed by atoms with Gasteiger partial charge in [-0.15, -0.1) is 0 Å². The second-order valence-corrected chi connectivity index (χ2v) is 3.80. The molecule has 0 aromatic heterocycles. The first-order chi connectivity index (χ1) is 8.58. The first kappa shape index (κ1) is 14.1. The standard InChI is InChI=1S/C13H12ClNO3/c1-3-17-13(16)9(2)8-18-12-6-11(14)5-4-10(12)7-15/h4-6H,2-3,8H2,1H3. The van der Waals surface area contributed by atoms with E-state index < -0.39 is 5.97 Å². The Labute approximate surface area is 110 Å². The number of benzene rings is 1. The van der Waals surface area contributed by atoms with E-state index in [1.807, 2.05) is 6.07 Å². The van der Waals surface area contributed by atoms with Crippen LogP contribution < -0.4 is 4.74 Å². The van der Waals surface area contributed by atoms with Gasteiger partial charge in [0.1, 0.15) is 18.4 Å². The molecule has 1 aromatic rings. The van der Waals surface area contributed by atoms with Crippen molar-refractivity contribution in [2.45, 2.75) is 6.92 Å². The van der Waals surface area contributed by atoms with Crippen LogP contribution in [0.3, 0.4) is 0 Å². The van der Waals surface area contributed by atoms with Gasteiger partial charge in [-0.25, -0.2) is 4.79 Å². The van der Waals surface area contributed by atoms with Crippen molar-refractivity contribution < 1.29 is 14.3 Å². The number of nitriles is 1. The summed E-state index contributed by atoms with van der Waals surface area (Å²) in [5.74, 6) is -0.200. The smallest absolute Gasteiger partial charge is 0.336 e. The fourth-order valence-electron chi connectivity index (χ4n) is 1.16. The van der Waals surface area contributed by atoms with Crippen LogP contribution >= 0.6 is 11.6 Å². The molecular formula is C13H12ClNO3. The van der Waals surface area contributed by atoms with Crippen molar-refractivity contribution in [3.8, 4) is 11.8 Å². The fourth-order valence-corrected chi connectivity index (χ4v) is 1.33. The number of esters is 1. The van der Waals surface area contributed by atoms with Crippen molar-refractivity contribution in [2.24, 2.45) is 0 Å². The summed E-state index contributed by atoms with van der Waals surface area (Å²) >= 11 is 5.80. The summed E-state index contributed by atoms with van der Waals surface area (Å²) in [5, 5.41) is 9.33. The van der Waals surface area contributed by atoms with Gasteiger partial charge < -0.3 is 9.47 Å². The highest BCUT2D eigenvalue weighted by atomic mass is 35.5. The molecule has 0 fully saturated rings. The van der Waals surface area contributed by atoms with Gasteiger partial charge in [-0.1, -0.05) is 18.2 Å². The van der Waals surface area contributed by atoms with Crippen LogP contribution in [-0.4, -0.2) is 19.2 Å². The molecular weight excluding hydrogens is 254 g/mol. The topological polar surface area (TPSA) is 59.3 Å². The monoisotopic (exact) mass is 265 g/mol. The Balaban J connectivity index is 2.69. The summed E-state index contributed by atoms with van der Waals surface area (Å²) in [6.45, 7) is 5.48. The summed E-state index contributed by atoms with van der Waals surface area (Å²) in [4.78, 5) is 11.3. The van der Waals surface area contributed by atoms with Crippen molar-refractivity contribution in [1.29, 1.82) is 5.26 Å². The molecule has 0 N–H and O–H groups in total. The van der Waals surface area contributed by atoms with Gasteiger partial charge in [-0.05, 0) is 19.1 Å². The maximum Gasteiger partial charge on any atom is 0.336 e. The molecule has 0 aliphatic carbocycles. The van der Waals surface area contributed by atoms with Crippen molar-refractivity contribution in [3.63, 3.8) is 0 Å². The lowest BCUT2D eigenvalue weighted by Crippen LogP contribution is -2.13. The molecule has 1 aromatic carbocycles. The molecule has 4 nitrogen and oxygen atoms in total. The number of ether oxygens (including phenoxy) is 2. The van der Waals surface area contributed by atoms with Crippen LogP contribution in [0, 0.1) is 11.3 Å². The first-order valence-corrected chi connectivity index (χ1v) is 5.63. The number of nitrogens with zero attached hydrogens (tertiary/aromatic N) is 1. The van der Waals surface area contributed by atoms with Crippen LogP contribution in [-0.2, 0) is 9.53 Å². The average molecular weight is 266 g/mol. The highest BCUT2D eigenvalue weighted by Crippen LogP contribution is 2.23. The average Bonchev–Trinajstić information content (AvgIpc) is 2.36. The first-order valence-electron chi connectivity index (χ1n) is 5.25. The minimum Gasteiger partial charge on any atom is -0.487 e. The summed E-state index contributed by atoms with van der Waals surface area (Å²) in [6, 6.07) is 6.62. The number of hydrogen-bond acceptors (Lipinski definition) is 4. The minimum absolute atomic E-state index is 0.0478. The van der Waals surface area contributed by atoms with Crippen molar-refractivity contribution in [2.75, 3.05) is 13.2 Å². The highest BCUT2D eigenvalue weighted by molar-refractivity contribution is 6.30. The van der Waals surface area contributed by atoms with E-state index in [2.05, 4.69) is 6.58 Å². The van der Waals surface area contributed by atoms with Crippen molar-refractivity contribution in [3.05, 3.63) is 40.9 Å². The van der Waals surface area contributed by atoms with E-state index >= 15 is 0 Å². The lowest BCUT2D eigenvalue weighted by Gasteiger charge is -2.09. The highest BCUT2D eigenvalue weighted by Gasteiger charge is 2.10. The van der Waals surface area contributed by atoms with E-state index in [1.54, 1.807) is 19.1 Å². The fraction of sp³-hybridized carbons (Fsp3) is 0.231. The maximum atomic E-state index is 11.3. The zero-order valence-electron chi connectivity index (χ0n) is 9.90. The number of halogens is 1. The van der Waals surface area contributed by atoms with Crippen LogP contribution in [0.1, 0.15) is 12.5 Å². The molecule has 0 amide bonds. The predicted octanol–water partition coefficient (Wildman–Crippen LogP) is 2.71. The Hall–Kier alpha value is -1.99. The van der Waals surface area contributed by atoms with Gasteiger partial charge >= 0.3 is 5.97 Å². The summed E-state index contributed by atoms with van der Waals surface area (Å²) in [6.07, 6.45) is 0. The Morgan fingerprint density at radius 2 is 2.28 bits per heavy atom. The van der Waals surface area contributed by atoms with Gasteiger partial charge in [0.2, 0.25) is 0 Å². The molecule has 18 heavy (non-hydrogen) atoms. The van der Waals surface area contributed by atoms with Crippen molar-refractivity contribution in [1.82, 2.24) is 0 Å². The Morgan fingerprint density at radius 1 is 1.56 bits per heavy atom. The molecule has 0 saturated carbocycles. The van der Waals surface area contributed by atoms with E-state index in [0.717, 1.165) is 0 Å². The molecule has 0 bridgehead atoms. The molecule has 1 rings (SSSR count). The third kappa shape index (κ3) is 3.79. The molecule has 94 valence electrons. The quantitative estimate of drug-likeness (QED) is 0.607. The Morgan fingerprint density at radius 3 is 2.89 bits per heavy atom. The maximum absolute atomic E-state index is 11.3. The largest absolute Gasteiger partial charge is 0.487 e. The third-order valence-corrected chi connectivity index (χ3v) is 2.27. The van der Waals surface area contributed by atoms with Crippen LogP contribution in [0.2, 0.25) is 5.02 Å². The van der Waals surface area contributed by atoms with E-state index in [0.29, 0.717) is 16.3 Å². The molecule has 0 saturated heterocycles. The van der Waals surface area contributed by atoms with Crippen molar-refractivity contribution >= 4 is 17.6 Å². The summed E-state index contributed by atoms with van der Waals surface area (Å²) in [7, 11) is 0. The number of rotatable bonds is 5. The molecule has 0 spiro atoms. The minimum atomic E-state index is -0.516. The number of carbonyl (C=O) groups is 1. The SMILES string of the molecule is C=C(COc1cc(Cl)ccc1C#N)C(=O)OCC. The summed E-state index contributed by atoms with van der Waals surface area (Å²) < 4.78 is 10.1. The second-order valence-electron chi connectivity index (χ2n) is 3.36. The summed E-state index contributed by atoms with van der Waals surface area (Å²) in [5.41, 5.74) is 0.525. The molecule has 0 radical (unpaired) electrons. The molecule has 0 aliphatic heterocycles. The van der Waals surface area contributed by atoms with Gasteiger partial charge in [0.05, 0.1) is 17.7 Å². The van der Waals surface area contributed by atoms with Crippen LogP contribution in [0.5, 0.6) is 5.75 Å². The van der Waals surface area contributed by atoms with E-state index in [1.165, 1.54) is 6.07 Å². The van der Waals surface area contributed by atoms with Gasteiger partial charge in [-0.3, -0.25) is 0 Å². The molecule has 5 heteroatoms. The van der Waals surface area contributed by atoms with Gasteiger partial charge in [0.15, 0.2) is 0 Å². The molecule has 0 unspecified atom stereocenters. The molecule has 0 aliphatic rings. The number of hydrogen-bond donors (Lipinski definition) is 0. The van der Waals surface area contributed by atoms with E-state index in [-0.39, 0.29) is 18.8 Å². The van der Waals surface area contributed by atoms with Gasteiger partial charge in [-0.2, -0.15) is 5.26 Å². The van der Waals surface area contributed by atoms with Crippen LogP contribution in [0.15, 0.2) is 30.4 Å². The van der Waals surface area contributed by atoms with E-state index in [9.17, 15) is 4.79 Å². The number of carbonyl (C=O) groups excluding carboxylic acids is 1. The zero-order valence-corrected chi connectivity index (χ0v) is 10.7. The molecule has 0 heterocycles. The van der Waals surface area contributed by atoms with Crippen LogP contribution in [0.4, 0.5) is 0 Å². The predicted molar refractivity (Wildman–Crippen MR) is 67.4 cm³/mol. The van der Waals surface area contributed by atoms with Gasteiger partial charge in [0, 0.05) is 11.1 Å². The lowest BCUT2D eigenvalue weighted by molar-refractivity contribution is -0.138. The second kappa shape index (κ2) is 6.67. The Kier molecular flexibility index (Phi) is 5.22. The zero-order chi connectivity index (χ0) is 13.5.